The minimum Gasteiger partial charge on any atom is -0.495 e. The van der Waals surface area contributed by atoms with Crippen molar-refractivity contribution in [2.45, 2.75) is 55.0 Å². The number of methoxy groups -OCH3 is 1. The number of ether oxygens (including phenoxy) is 1. The van der Waals surface area contributed by atoms with Crippen LogP contribution in [0.3, 0.4) is 0 Å². The number of urea groups is 1. The van der Waals surface area contributed by atoms with E-state index in [2.05, 4.69) is 5.32 Å². The number of benzene rings is 3. The first-order valence-electron chi connectivity index (χ1n) is 13.2. The highest BCUT2D eigenvalue weighted by Gasteiger charge is 2.30. The number of carbonyl (C=O) groups is 1. The van der Waals surface area contributed by atoms with E-state index in [4.69, 9.17) is 32.9 Å². The highest BCUT2D eigenvalue weighted by Crippen LogP contribution is 2.39. The van der Waals surface area contributed by atoms with Gasteiger partial charge in [0.25, 0.3) is 10.0 Å². The third-order valence-corrected chi connectivity index (χ3v) is 9.66. The van der Waals surface area contributed by atoms with Gasteiger partial charge >= 0.3 is 6.03 Å². The lowest BCUT2D eigenvalue weighted by Crippen LogP contribution is -2.42. The number of carbonyl (C=O) groups excluding carboxylic acids is 1. The molecule has 0 radical (unpaired) electrons. The van der Waals surface area contributed by atoms with E-state index < -0.39 is 21.5 Å². The molecule has 0 bridgehead atoms. The van der Waals surface area contributed by atoms with Gasteiger partial charge in [-0.25, -0.2) is 27.3 Å². The van der Waals surface area contributed by atoms with Crippen LogP contribution >= 0.6 is 35.0 Å². The van der Waals surface area contributed by atoms with Crippen LogP contribution in [-0.2, 0) is 21.2 Å². The number of hydrogen-bond acceptors (Lipinski definition) is 6. The molecule has 1 aromatic heterocycles. The summed E-state index contributed by atoms with van der Waals surface area (Å²) < 4.78 is 48.6. The van der Waals surface area contributed by atoms with Gasteiger partial charge in [0.15, 0.2) is 5.16 Å². The molecular formula is C30H31Cl2FN4O4S2. The Bertz CT molecular complexity index is 1740. The summed E-state index contributed by atoms with van der Waals surface area (Å²) >= 11 is 14.2. The van der Waals surface area contributed by atoms with Gasteiger partial charge in [-0.2, -0.15) is 0 Å². The van der Waals surface area contributed by atoms with Crippen LogP contribution in [-0.4, -0.2) is 37.2 Å². The molecule has 8 nitrogen and oxygen atoms in total. The zero-order valence-electron chi connectivity index (χ0n) is 24.1. The van der Waals surface area contributed by atoms with Crippen molar-refractivity contribution in [2.24, 2.45) is 0 Å². The summed E-state index contributed by atoms with van der Waals surface area (Å²) in [5, 5.41) is 3.81. The molecule has 228 valence electrons. The number of nitrogens with zero attached hydrogens (tertiary/aromatic N) is 2. The molecule has 0 aliphatic rings. The van der Waals surface area contributed by atoms with Crippen molar-refractivity contribution in [1.82, 2.24) is 19.6 Å². The summed E-state index contributed by atoms with van der Waals surface area (Å²) in [6.45, 7) is 7.53. The van der Waals surface area contributed by atoms with Crippen LogP contribution in [0.5, 0.6) is 5.75 Å². The Morgan fingerprint density at radius 1 is 1.07 bits per heavy atom. The standard InChI is InChI=1S/C30H31Cl2FN4O4S2/c1-18(2)35-28(38)36-43(39,40)23-12-6-19(25(32)15-23)17-42-29-34-16-27(37(29)22-10-8-21(33)9-11-22)30(3,4)20-7-13-24(31)26(14-20)41-5/h6-16,18H,17H2,1-5H3,(H2,35,36,38). The number of amides is 2. The lowest BCUT2D eigenvalue weighted by Gasteiger charge is -2.28. The maximum atomic E-state index is 13.9. The molecule has 2 amide bonds. The Balaban J connectivity index is 1.66. The van der Waals surface area contributed by atoms with Crippen LogP contribution in [0, 0.1) is 5.82 Å². The molecule has 0 aliphatic heterocycles. The minimum absolute atomic E-state index is 0.139. The summed E-state index contributed by atoms with van der Waals surface area (Å²) in [4.78, 5) is 16.5. The van der Waals surface area contributed by atoms with Gasteiger partial charge in [0.1, 0.15) is 11.6 Å². The number of sulfonamides is 1. The topological polar surface area (TPSA) is 102 Å². The lowest BCUT2D eigenvalue weighted by atomic mass is 9.81. The third kappa shape index (κ3) is 7.46. The van der Waals surface area contributed by atoms with Gasteiger partial charge in [-0.1, -0.05) is 60.9 Å². The van der Waals surface area contributed by atoms with E-state index in [1.165, 1.54) is 36.0 Å². The molecule has 0 fully saturated rings. The van der Waals surface area contributed by atoms with Crippen molar-refractivity contribution in [1.29, 1.82) is 0 Å². The van der Waals surface area contributed by atoms with Gasteiger partial charge in [-0.3, -0.25) is 4.57 Å². The predicted octanol–water partition coefficient (Wildman–Crippen LogP) is 7.34. The van der Waals surface area contributed by atoms with Crippen molar-refractivity contribution in [3.63, 3.8) is 0 Å². The largest absolute Gasteiger partial charge is 0.495 e. The monoisotopic (exact) mass is 664 g/mol. The molecule has 2 N–H and O–H groups in total. The Labute approximate surface area is 265 Å². The Morgan fingerprint density at radius 2 is 1.77 bits per heavy atom. The zero-order valence-corrected chi connectivity index (χ0v) is 27.3. The maximum Gasteiger partial charge on any atom is 0.328 e. The third-order valence-electron chi connectivity index (χ3n) is 6.67. The van der Waals surface area contributed by atoms with E-state index in [1.54, 1.807) is 51.4 Å². The molecule has 1 heterocycles. The average molecular weight is 666 g/mol. The first-order chi connectivity index (χ1) is 20.2. The number of rotatable bonds is 10. The second-order valence-corrected chi connectivity index (χ2v) is 13.9. The second-order valence-electron chi connectivity index (χ2n) is 10.5. The molecule has 3 aromatic carbocycles. The van der Waals surface area contributed by atoms with Gasteiger partial charge in [-0.15, -0.1) is 0 Å². The van der Waals surface area contributed by atoms with E-state index >= 15 is 0 Å². The second kappa shape index (κ2) is 13.2. The molecule has 4 aromatic rings. The van der Waals surface area contributed by atoms with Gasteiger partial charge in [0, 0.05) is 27.9 Å². The number of hydrogen-bond donors (Lipinski definition) is 2. The van der Waals surface area contributed by atoms with Crippen LogP contribution in [0.1, 0.15) is 44.5 Å². The first-order valence-corrected chi connectivity index (χ1v) is 16.4. The van der Waals surface area contributed by atoms with Crippen LogP contribution in [0.2, 0.25) is 10.0 Å². The summed E-state index contributed by atoms with van der Waals surface area (Å²) in [5.41, 5.74) is 2.58. The van der Waals surface area contributed by atoms with E-state index in [0.717, 1.165) is 11.3 Å². The van der Waals surface area contributed by atoms with E-state index in [1.807, 2.05) is 35.3 Å². The molecule has 0 spiro atoms. The van der Waals surface area contributed by atoms with E-state index in [0.29, 0.717) is 32.9 Å². The van der Waals surface area contributed by atoms with Crippen LogP contribution in [0.15, 0.2) is 76.9 Å². The highest BCUT2D eigenvalue weighted by atomic mass is 35.5. The van der Waals surface area contributed by atoms with Crippen molar-refractivity contribution in [3.8, 4) is 11.4 Å². The molecule has 0 aliphatic carbocycles. The fraction of sp³-hybridized carbons (Fsp3) is 0.267. The lowest BCUT2D eigenvalue weighted by molar-refractivity contribution is 0.243. The summed E-state index contributed by atoms with van der Waals surface area (Å²) in [6.07, 6.45) is 1.78. The highest BCUT2D eigenvalue weighted by molar-refractivity contribution is 7.98. The Morgan fingerprint density at radius 3 is 2.40 bits per heavy atom. The van der Waals surface area contributed by atoms with E-state index in [9.17, 15) is 17.6 Å². The molecule has 0 saturated carbocycles. The van der Waals surface area contributed by atoms with Gasteiger partial charge in [0.05, 0.1) is 28.9 Å². The summed E-state index contributed by atoms with van der Waals surface area (Å²) in [6, 6.07) is 15.0. The van der Waals surface area contributed by atoms with Crippen molar-refractivity contribution >= 4 is 51.0 Å². The quantitative estimate of drug-likeness (QED) is 0.172. The van der Waals surface area contributed by atoms with Gasteiger partial charge in [0.2, 0.25) is 0 Å². The fourth-order valence-corrected chi connectivity index (χ4v) is 6.86. The molecule has 0 atom stereocenters. The summed E-state index contributed by atoms with van der Waals surface area (Å²) in [7, 11) is -2.56. The van der Waals surface area contributed by atoms with Crippen molar-refractivity contribution < 1.29 is 22.3 Å². The zero-order chi connectivity index (χ0) is 31.5. The van der Waals surface area contributed by atoms with E-state index in [-0.39, 0.29) is 21.8 Å². The maximum absolute atomic E-state index is 13.9. The number of thioether (sulfide) groups is 1. The normalized spacial score (nSPS) is 11.9. The number of halogens is 3. The molecule has 0 saturated heterocycles. The Kier molecular flexibility index (Phi) is 10.0. The van der Waals surface area contributed by atoms with Crippen LogP contribution in [0.25, 0.3) is 5.69 Å². The van der Waals surface area contributed by atoms with Crippen LogP contribution in [0.4, 0.5) is 9.18 Å². The smallest absolute Gasteiger partial charge is 0.328 e. The van der Waals surface area contributed by atoms with Gasteiger partial charge in [-0.05, 0) is 73.5 Å². The Hall–Kier alpha value is -3.25. The minimum atomic E-state index is -4.12. The molecular weight excluding hydrogens is 634 g/mol. The average Bonchev–Trinajstić information content (AvgIpc) is 3.37. The van der Waals surface area contributed by atoms with Gasteiger partial charge < -0.3 is 10.1 Å². The SMILES string of the molecule is COc1cc(C(C)(C)c2cnc(SCc3ccc(S(=O)(=O)NC(=O)NC(C)C)cc3Cl)n2-c2ccc(F)cc2)ccc1Cl. The summed E-state index contributed by atoms with van der Waals surface area (Å²) in [5.74, 6) is 0.539. The predicted molar refractivity (Wildman–Crippen MR) is 169 cm³/mol. The molecule has 0 unspecified atom stereocenters. The molecule has 43 heavy (non-hydrogen) atoms. The fourth-order valence-electron chi connectivity index (χ4n) is 4.34. The molecule has 4 rings (SSSR count). The molecule has 13 heteroatoms. The number of nitrogens with one attached hydrogen (secondary N) is 2. The van der Waals surface area contributed by atoms with Crippen molar-refractivity contribution in [2.75, 3.05) is 7.11 Å². The van der Waals surface area contributed by atoms with Crippen molar-refractivity contribution in [3.05, 3.63) is 99.5 Å². The first kappa shape index (κ1) is 32.7. The number of aromatic nitrogens is 2. The van der Waals surface area contributed by atoms with Crippen LogP contribution < -0.4 is 14.8 Å². The number of imidazole rings is 1.